The molecule has 0 saturated heterocycles. The SMILES string of the molecule is COc1cc2c(cc1OC1CC=CC1)[Se]C(C)(C)c1[nH]cnc1-2. The van der Waals surface area contributed by atoms with Crippen LogP contribution in [-0.2, 0) is 4.31 Å². The third-order valence-electron chi connectivity index (χ3n) is 4.39. The Kier molecular flexibility index (Phi) is 3.51. The second-order valence-corrected chi connectivity index (χ2v) is 9.91. The molecule has 1 aromatic heterocycles. The molecule has 0 spiro atoms. The van der Waals surface area contributed by atoms with Crippen molar-refractivity contribution >= 4 is 19.4 Å². The number of rotatable bonds is 3. The van der Waals surface area contributed by atoms with Crippen LogP contribution in [-0.4, -0.2) is 38.1 Å². The van der Waals surface area contributed by atoms with Gasteiger partial charge >= 0.3 is 142 Å². The van der Waals surface area contributed by atoms with E-state index in [9.17, 15) is 0 Å². The summed E-state index contributed by atoms with van der Waals surface area (Å²) < 4.78 is 13.2. The van der Waals surface area contributed by atoms with Crippen molar-refractivity contribution in [2.45, 2.75) is 37.1 Å². The molecule has 2 heterocycles. The van der Waals surface area contributed by atoms with Crippen molar-refractivity contribution in [3.63, 3.8) is 0 Å². The molecule has 0 unspecified atom stereocenters. The Balaban J connectivity index is 1.78. The molecule has 5 heteroatoms. The van der Waals surface area contributed by atoms with Gasteiger partial charge < -0.3 is 0 Å². The van der Waals surface area contributed by atoms with Gasteiger partial charge in [-0.1, -0.05) is 0 Å². The van der Waals surface area contributed by atoms with E-state index in [0.717, 1.165) is 30.0 Å². The van der Waals surface area contributed by atoms with E-state index < -0.39 is 0 Å². The first-order valence-electron chi connectivity index (χ1n) is 7.85. The molecule has 0 fully saturated rings. The first-order chi connectivity index (χ1) is 11.1. The summed E-state index contributed by atoms with van der Waals surface area (Å²) in [5.74, 6) is 1.65. The quantitative estimate of drug-likeness (QED) is 0.663. The first-order valence-corrected chi connectivity index (χ1v) is 9.57. The summed E-state index contributed by atoms with van der Waals surface area (Å²) >= 11 is 0.306. The summed E-state index contributed by atoms with van der Waals surface area (Å²) in [4.78, 5) is 7.87. The summed E-state index contributed by atoms with van der Waals surface area (Å²) in [6, 6.07) is 4.26. The average molecular weight is 375 g/mol. The number of aromatic amines is 1. The number of nitrogens with one attached hydrogen (secondary N) is 1. The van der Waals surface area contributed by atoms with Crippen LogP contribution in [0.5, 0.6) is 11.5 Å². The summed E-state index contributed by atoms with van der Waals surface area (Å²) in [5.41, 5.74) is 3.44. The number of benzene rings is 1. The van der Waals surface area contributed by atoms with Crippen molar-refractivity contribution in [1.29, 1.82) is 0 Å². The Morgan fingerprint density at radius 3 is 2.74 bits per heavy atom. The molecule has 2 aliphatic rings. The third-order valence-corrected chi connectivity index (χ3v) is 7.05. The molecular formula is C18H20N2O2Se. The van der Waals surface area contributed by atoms with Crippen molar-refractivity contribution < 1.29 is 9.47 Å². The number of ether oxygens (including phenoxy) is 2. The molecular weight excluding hydrogens is 355 g/mol. The predicted octanol–water partition coefficient (Wildman–Crippen LogP) is 2.76. The molecule has 1 aliphatic heterocycles. The fourth-order valence-corrected chi connectivity index (χ4v) is 5.81. The van der Waals surface area contributed by atoms with Crippen molar-refractivity contribution in [2.75, 3.05) is 7.11 Å². The van der Waals surface area contributed by atoms with Crippen LogP contribution in [0.15, 0.2) is 30.6 Å². The zero-order valence-electron chi connectivity index (χ0n) is 13.6. The van der Waals surface area contributed by atoms with E-state index in [0.29, 0.717) is 15.0 Å². The number of imidazole rings is 1. The Bertz CT molecular complexity index is 771. The third kappa shape index (κ3) is 2.48. The van der Waals surface area contributed by atoms with Crippen molar-refractivity contribution in [1.82, 2.24) is 9.97 Å². The second-order valence-electron chi connectivity index (χ2n) is 6.42. The standard InChI is InChI=1S/C18H20N2O2Se/c1-18(2)17-16(19-10-20-17)12-8-13(21-3)14(9-15(12)23-18)22-11-6-4-5-7-11/h4-5,8-11H,6-7H2,1-3H3,(H,19,20). The molecule has 0 bridgehead atoms. The van der Waals surface area contributed by atoms with Gasteiger partial charge in [-0.15, -0.1) is 0 Å². The monoisotopic (exact) mass is 376 g/mol. The summed E-state index contributed by atoms with van der Waals surface area (Å²) in [5, 5.41) is 0. The molecule has 0 amide bonds. The fourth-order valence-electron chi connectivity index (χ4n) is 3.21. The maximum absolute atomic E-state index is 6.20. The van der Waals surface area contributed by atoms with Gasteiger partial charge in [0.15, 0.2) is 0 Å². The van der Waals surface area contributed by atoms with Gasteiger partial charge in [0.05, 0.1) is 0 Å². The van der Waals surface area contributed by atoms with E-state index >= 15 is 0 Å². The molecule has 4 rings (SSSR count). The minimum atomic E-state index is 0.104. The van der Waals surface area contributed by atoms with Crippen LogP contribution in [0.25, 0.3) is 11.3 Å². The number of H-pyrrole nitrogens is 1. The van der Waals surface area contributed by atoms with Gasteiger partial charge in [0.25, 0.3) is 0 Å². The van der Waals surface area contributed by atoms with Crippen molar-refractivity contribution in [3.8, 4) is 22.8 Å². The number of nitrogens with zero attached hydrogens (tertiary/aromatic N) is 1. The summed E-state index contributed by atoms with van der Waals surface area (Å²) in [7, 11) is 1.70. The zero-order chi connectivity index (χ0) is 16.0. The molecule has 120 valence electrons. The van der Waals surface area contributed by atoms with Gasteiger partial charge in [-0.3, -0.25) is 0 Å². The molecule has 0 radical (unpaired) electrons. The van der Waals surface area contributed by atoms with E-state index in [2.05, 4.69) is 48.1 Å². The van der Waals surface area contributed by atoms with Crippen LogP contribution >= 0.6 is 0 Å². The number of aromatic nitrogens is 2. The number of hydrogen-bond acceptors (Lipinski definition) is 3. The molecule has 1 N–H and O–H groups in total. The summed E-state index contributed by atoms with van der Waals surface area (Å²) in [6.07, 6.45) is 8.32. The van der Waals surface area contributed by atoms with Crippen molar-refractivity contribution in [2.24, 2.45) is 0 Å². The number of fused-ring (bicyclic) bond motifs is 3. The molecule has 0 atom stereocenters. The Morgan fingerprint density at radius 1 is 1.22 bits per heavy atom. The maximum atomic E-state index is 6.20. The van der Waals surface area contributed by atoms with Crippen LogP contribution in [0.4, 0.5) is 0 Å². The Labute approximate surface area is 142 Å². The predicted molar refractivity (Wildman–Crippen MR) is 91.8 cm³/mol. The number of methoxy groups -OCH3 is 1. The Morgan fingerprint density at radius 2 is 2.00 bits per heavy atom. The van der Waals surface area contributed by atoms with Gasteiger partial charge in [0.2, 0.25) is 0 Å². The van der Waals surface area contributed by atoms with Gasteiger partial charge in [-0.2, -0.15) is 0 Å². The van der Waals surface area contributed by atoms with Crippen LogP contribution in [0.1, 0.15) is 32.4 Å². The van der Waals surface area contributed by atoms with Crippen LogP contribution in [0.2, 0.25) is 0 Å². The van der Waals surface area contributed by atoms with E-state index in [4.69, 9.17) is 9.47 Å². The van der Waals surface area contributed by atoms with E-state index in [1.54, 1.807) is 13.4 Å². The molecule has 1 aliphatic carbocycles. The molecule has 23 heavy (non-hydrogen) atoms. The topological polar surface area (TPSA) is 47.1 Å². The Hall–Kier alpha value is -1.71. The van der Waals surface area contributed by atoms with E-state index in [-0.39, 0.29) is 10.4 Å². The second kappa shape index (κ2) is 5.43. The van der Waals surface area contributed by atoms with E-state index in [1.807, 2.05) is 0 Å². The molecule has 0 saturated carbocycles. The average Bonchev–Trinajstić information content (AvgIpc) is 3.18. The van der Waals surface area contributed by atoms with Gasteiger partial charge in [-0.25, -0.2) is 0 Å². The van der Waals surface area contributed by atoms with Gasteiger partial charge in [0, 0.05) is 0 Å². The van der Waals surface area contributed by atoms with Crippen molar-refractivity contribution in [3.05, 3.63) is 36.3 Å². The minimum absolute atomic E-state index is 0.104. The zero-order valence-corrected chi connectivity index (χ0v) is 15.3. The summed E-state index contributed by atoms with van der Waals surface area (Å²) in [6.45, 7) is 4.55. The first kappa shape index (κ1) is 14.9. The van der Waals surface area contributed by atoms with Crippen LogP contribution in [0, 0.1) is 0 Å². The van der Waals surface area contributed by atoms with Crippen LogP contribution < -0.4 is 13.9 Å². The molecule has 4 nitrogen and oxygen atoms in total. The number of hydrogen-bond donors (Lipinski definition) is 1. The van der Waals surface area contributed by atoms with Crippen LogP contribution in [0.3, 0.4) is 0 Å². The van der Waals surface area contributed by atoms with E-state index in [1.165, 1.54) is 15.7 Å². The molecule has 2 aromatic rings. The van der Waals surface area contributed by atoms with Gasteiger partial charge in [0.1, 0.15) is 0 Å². The van der Waals surface area contributed by atoms with Gasteiger partial charge in [-0.05, 0) is 0 Å². The molecule has 1 aromatic carbocycles. The fraction of sp³-hybridized carbons (Fsp3) is 0.389. The normalized spacial score (nSPS) is 18.6.